The average molecular weight is 361 g/mol. The average Bonchev–Trinajstić information content (AvgIpc) is 3.22. The molecule has 0 radical (unpaired) electrons. The molecule has 0 atom stereocenters. The number of hydrogen-bond donors (Lipinski definition) is 0. The van der Waals surface area contributed by atoms with Crippen LogP contribution in [0, 0.1) is 10.1 Å². The molecule has 0 aliphatic carbocycles. The van der Waals surface area contributed by atoms with Crippen LogP contribution < -0.4 is 0 Å². The highest BCUT2D eigenvalue weighted by Gasteiger charge is 2.21. The van der Waals surface area contributed by atoms with Gasteiger partial charge in [-0.25, -0.2) is 0 Å². The number of carbonyl (C=O) groups excluding carboxylic acids is 1. The molecule has 0 fully saturated rings. The van der Waals surface area contributed by atoms with Crippen LogP contribution in [-0.4, -0.2) is 10.7 Å². The van der Waals surface area contributed by atoms with E-state index < -0.39 is 4.92 Å². The fraction of sp³-hybridized carbons (Fsp3) is 0.136. The Morgan fingerprint density at radius 3 is 2.52 bits per heavy atom. The number of rotatable bonds is 7. The van der Waals surface area contributed by atoms with E-state index in [9.17, 15) is 14.9 Å². The van der Waals surface area contributed by atoms with Crippen molar-refractivity contribution in [1.82, 2.24) is 0 Å². The van der Waals surface area contributed by atoms with Gasteiger partial charge in [-0.05, 0) is 47.9 Å². The molecular formula is C22H19NO4. The molecule has 3 aromatic rings. The maximum Gasteiger partial charge on any atom is 0.280 e. The third kappa shape index (κ3) is 4.20. The van der Waals surface area contributed by atoms with Crippen molar-refractivity contribution < 1.29 is 14.1 Å². The summed E-state index contributed by atoms with van der Waals surface area (Å²) >= 11 is 0. The summed E-state index contributed by atoms with van der Waals surface area (Å²) < 4.78 is 5.49. The highest BCUT2D eigenvalue weighted by molar-refractivity contribution is 6.11. The van der Waals surface area contributed by atoms with E-state index >= 15 is 0 Å². The Labute approximate surface area is 157 Å². The molecule has 0 saturated heterocycles. The summed E-state index contributed by atoms with van der Waals surface area (Å²) in [5.74, 6) is 0.388. The number of furan rings is 1. The Morgan fingerprint density at radius 2 is 1.89 bits per heavy atom. The van der Waals surface area contributed by atoms with Crippen molar-refractivity contribution in [3.05, 3.63) is 99.5 Å². The van der Waals surface area contributed by atoms with Gasteiger partial charge in [0, 0.05) is 11.6 Å². The monoisotopic (exact) mass is 361 g/mol. The molecule has 1 heterocycles. The summed E-state index contributed by atoms with van der Waals surface area (Å²) in [6.45, 7) is 2.07. The Balaban J connectivity index is 2.07. The van der Waals surface area contributed by atoms with Crippen LogP contribution in [0.5, 0.6) is 0 Å². The summed E-state index contributed by atoms with van der Waals surface area (Å²) in [5.41, 5.74) is 2.00. The molecule has 5 nitrogen and oxygen atoms in total. The second kappa shape index (κ2) is 8.27. The van der Waals surface area contributed by atoms with Gasteiger partial charge in [0.15, 0.2) is 5.78 Å². The number of nitrogens with zero attached hydrogens (tertiary/aromatic N) is 1. The molecule has 0 aliphatic heterocycles. The molecule has 136 valence electrons. The van der Waals surface area contributed by atoms with Crippen LogP contribution >= 0.6 is 0 Å². The van der Waals surface area contributed by atoms with E-state index in [4.69, 9.17) is 4.42 Å². The van der Waals surface area contributed by atoms with Gasteiger partial charge in [0.2, 0.25) is 0 Å². The molecule has 27 heavy (non-hydrogen) atoms. The van der Waals surface area contributed by atoms with Crippen LogP contribution in [0.3, 0.4) is 0 Å². The zero-order chi connectivity index (χ0) is 19.2. The van der Waals surface area contributed by atoms with Gasteiger partial charge in [0.25, 0.3) is 5.69 Å². The molecule has 0 saturated carbocycles. The van der Waals surface area contributed by atoms with Gasteiger partial charge in [-0.15, -0.1) is 0 Å². The number of hydrogen-bond acceptors (Lipinski definition) is 4. The molecule has 5 heteroatoms. The van der Waals surface area contributed by atoms with E-state index in [1.165, 1.54) is 6.07 Å². The fourth-order valence-corrected chi connectivity index (χ4v) is 2.93. The molecule has 0 unspecified atom stereocenters. The molecule has 0 aliphatic rings. The van der Waals surface area contributed by atoms with Crippen LogP contribution in [0.1, 0.15) is 47.0 Å². The van der Waals surface area contributed by atoms with Crippen LogP contribution in [0.4, 0.5) is 5.69 Å². The summed E-state index contributed by atoms with van der Waals surface area (Å²) in [5, 5.41) is 11.4. The van der Waals surface area contributed by atoms with Crippen LogP contribution in [-0.2, 0) is 0 Å². The van der Waals surface area contributed by atoms with E-state index in [1.807, 2.05) is 18.2 Å². The van der Waals surface area contributed by atoms with Gasteiger partial charge in [-0.3, -0.25) is 14.9 Å². The second-order valence-corrected chi connectivity index (χ2v) is 6.13. The van der Waals surface area contributed by atoms with Gasteiger partial charge in [-0.2, -0.15) is 0 Å². The van der Waals surface area contributed by atoms with E-state index in [-0.39, 0.29) is 17.0 Å². The van der Waals surface area contributed by atoms with Crippen molar-refractivity contribution in [2.45, 2.75) is 19.8 Å². The molecule has 0 bridgehead atoms. The first kappa shape index (κ1) is 18.3. The lowest BCUT2D eigenvalue weighted by Crippen LogP contribution is -2.05. The Hall–Kier alpha value is -3.47. The van der Waals surface area contributed by atoms with E-state index in [0.29, 0.717) is 5.56 Å². The lowest BCUT2D eigenvalue weighted by molar-refractivity contribution is -0.385. The molecule has 1 aromatic heterocycles. The number of carbonyl (C=O) groups is 1. The molecule has 2 aromatic carbocycles. The van der Waals surface area contributed by atoms with Gasteiger partial charge in [-0.1, -0.05) is 43.7 Å². The molecule has 0 amide bonds. The standard InChI is InChI=1S/C22H19NO4/c1-2-7-18(21-10-6-13-27-21)14-16-11-12-20(23(25)26)19(15-16)22(24)17-8-4-3-5-9-17/h3-6,8-15H,2,7H2,1H3/b18-14+. The number of benzene rings is 2. The third-order valence-electron chi connectivity index (χ3n) is 4.20. The lowest BCUT2D eigenvalue weighted by Gasteiger charge is -2.06. The number of nitro groups is 1. The van der Waals surface area contributed by atoms with Crippen molar-refractivity contribution in [3.63, 3.8) is 0 Å². The Bertz CT molecular complexity index is 973. The van der Waals surface area contributed by atoms with Crippen molar-refractivity contribution in [3.8, 4) is 0 Å². The Morgan fingerprint density at radius 1 is 1.11 bits per heavy atom. The minimum absolute atomic E-state index is 0.0789. The van der Waals surface area contributed by atoms with Crippen molar-refractivity contribution in [2.24, 2.45) is 0 Å². The normalized spacial score (nSPS) is 11.4. The first-order valence-corrected chi connectivity index (χ1v) is 8.72. The number of ketones is 1. The maximum atomic E-state index is 12.8. The van der Waals surface area contributed by atoms with Crippen LogP contribution in [0.15, 0.2) is 71.3 Å². The zero-order valence-corrected chi connectivity index (χ0v) is 14.9. The van der Waals surface area contributed by atoms with Gasteiger partial charge >= 0.3 is 0 Å². The summed E-state index contributed by atoms with van der Waals surface area (Å²) in [6.07, 6.45) is 5.24. The van der Waals surface area contributed by atoms with Crippen LogP contribution in [0.2, 0.25) is 0 Å². The predicted octanol–water partition coefficient (Wildman–Crippen LogP) is 5.76. The fourth-order valence-electron chi connectivity index (χ4n) is 2.93. The highest BCUT2D eigenvalue weighted by atomic mass is 16.6. The Kier molecular flexibility index (Phi) is 5.61. The number of allylic oxidation sites excluding steroid dienone is 1. The van der Waals surface area contributed by atoms with Gasteiger partial charge < -0.3 is 4.42 Å². The number of nitro benzene ring substituents is 1. The molecule has 3 rings (SSSR count). The molecular weight excluding hydrogens is 342 g/mol. The third-order valence-corrected chi connectivity index (χ3v) is 4.20. The van der Waals surface area contributed by atoms with Gasteiger partial charge in [0.05, 0.1) is 11.2 Å². The highest BCUT2D eigenvalue weighted by Crippen LogP contribution is 2.27. The summed E-state index contributed by atoms with van der Waals surface area (Å²) in [7, 11) is 0. The van der Waals surface area contributed by atoms with E-state index in [1.54, 1.807) is 48.7 Å². The lowest BCUT2D eigenvalue weighted by atomic mass is 9.97. The summed E-state index contributed by atoms with van der Waals surface area (Å²) in [4.78, 5) is 23.7. The SMILES string of the molecule is CCC/C(=C\c1ccc([N+](=O)[O-])c(C(=O)c2ccccc2)c1)c1ccco1. The first-order chi connectivity index (χ1) is 13.1. The van der Waals surface area contributed by atoms with Crippen molar-refractivity contribution in [1.29, 1.82) is 0 Å². The maximum absolute atomic E-state index is 12.8. The smallest absolute Gasteiger partial charge is 0.280 e. The first-order valence-electron chi connectivity index (χ1n) is 8.72. The summed E-state index contributed by atoms with van der Waals surface area (Å²) in [6, 6.07) is 16.9. The molecule has 0 N–H and O–H groups in total. The van der Waals surface area contributed by atoms with E-state index in [2.05, 4.69) is 6.92 Å². The largest absolute Gasteiger partial charge is 0.465 e. The van der Waals surface area contributed by atoms with Crippen molar-refractivity contribution in [2.75, 3.05) is 0 Å². The minimum atomic E-state index is -0.525. The predicted molar refractivity (Wildman–Crippen MR) is 104 cm³/mol. The zero-order valence-electron chi connectivity index (χ0n) is 14.9. The minimum Gasteiger partial charge on any atom is -0.465 e. The quantitative estimate of drug-likeness (QED) is 0.305. The topological polar surface area (TPSA) is 73.3 Å². The van der Waals surface area contributed by atoms with Crippen molar-refractivity contribution >= 4 is 23.1 Å². The van der Waals surface area contributed by atoms with E-state index in [0.717, 1.165) is 29.7 Å². The van der Waals surface area contributed by atoms with Gasteiger partial charge in [0.1, 0.15) is 11.3 Å². The molecule has 0 spiro atoms. The van der Waals surface area contributed by atoms with Crippen LogP contribution in [0.25, 0.3) is 11.6 Å². The second-order valence-electron chi connectivity index (χ2n) is 6.13.